The van der Waals surface area contributed by atoms with E-state index in [0.29, 0.717) is 6.61 Å². The molecule has 1 aliphatic rings. The largest absolute Gasteiger partial charge is 0.465 e. The van der Waals surface area contributed by atoms with E-state index in [2.05, 4.69) is 24.3 Å². The third-order valence-corrected chi connectivity index (χ3v) is 6.00. The van der Waals surface area contributed by atoms with Crippen LogP contribution in [0.4, 0.5) is 0 Å². The first kappa shape index (κ1) is 26.0. The number of ether oxygens (including phenoxy) is 2. The van der Waals surface area contributed by atoms with Gasteiger partial charge in [0.15, 0.2) is 0 Å². The van der Waals surface area contributed by atoms with E-state index in [1.807, 2.05) is 65.8 Å². The Kier molecular flexibility index (Phi) is 8.34. The minimum atomic E-state index is -0.779. The number of carbonyl (C=O) groups excluding carboxylic acids is 4. The van der Waals surface area contributed by atoms with E-state index in [-0.39, 0.29) is 36.3 Å². The van der Waals surface area contributed by atoms with Gasteiger partial charge in [0.25, 0.3) is 0 Å². The van der Waals surface area contributed by atoms with Gasteiger partial charge in [-0.2, -0.15) is 9.59 Å². The van der Waals surface area contributed by atoms with Gasteiger partial charge >= 0.3 is 18.1 Å². The van der Waals surface area contributed by atoms with Crippen molar-refractivity contribution in [3.63, 3.8) is 0 Å². The maximum atomic E-state index is 12.6. The molecule has 0 saturated carbocycles. The van der Waals surface area contributed by atoms with Crippen molar-refractivity contribution in [2.45, 2.75) is 59.5 Å². The second kappa shape index (κ2) is 10.6. The van der Waals surface area contributed by atoms with Crippen molar-refractivity contribution in [3.05, 3.63) is 59.7 Å². The molecule has 3 rings (SSSR count). The van der Waals surface area contributed by atoms with E-state index < -0.39 is 11.0 Å². The molecule has 0 saturated heterocycles. The number of rotatable bonds is 6. The Morgan fingerprint density at radius 3 is 1.82 bits per heavy atom. The van der Waals surface area contributed by atoms with Gasteiger partial charge in [-0.15, -0.1) is 0 Å². The zero-order valence-electron chi connectivity index (χ0n) is 20.1. The summed E-state index contributed by atoms with van der Waals surface area (Å²) in [6.07, 6.45) is 0.419. The molecule has 0 bridgehead atoms. The lowest BCUT2D eigenvalue weighted by molar-refractivity contribution is -0.191. The monoisotopic (exact) mass is 452 g/mol. The van der Waals surface area contributed by atoms with Crippen molar-refractivity contribution in [1.82, 2.24) is 0 Å². The fourth-order valence-electron chi connectivity index (χ4n) is 3.79. The molecule has 2 aromatic rings. The first-order valence-electron chi connectivity index (χ1n) is 11.0. The van der Waals surface area contributed by atoms with E-state index in [1.54, 1.807) is 0 Å². The zero-order chi connectivity index (χ0) is 24.8. The van der Waals surface area contributed by atoms with Crippen LogP contribution in [0.5, 0.6) is 0 Å². The summed E-state index contributed by atoms with van der Waals surface area (Å²) in [5, 5.41) is 0. The molecular formula is C27H32O6. The highest BCUT2D eigenvalue weighted by atomic mass is 16.6. The van der Waals surface area contributed by atoms with Gasteiger partial charge in [-0.05, 0) is 62.8 Å². The molecule has 0 unspecified atom stereocenters. The van der Waals surface area contributed by atoms with Crippen molar-refractivity contribution in [2.24, 2.45) is 11.3 Å². The summed E-state index contributed by atoms with van der Waals surface area (Å²) in [4.78, 5) is 41.4. The number of carbonyl (C=O) groups is 2. The van der Waals surface area contributed by atoms with Crippen LogP contribution in [0.1, 0.15) is 65.0 Å². The summed E-state index contributed by atoms with van der Waals surface area (Å²) >= 11 is 0. The number of hydrogen-bond donors (Lipinski definition) is 0. The van der Waals surface area contributed by atoms with E-state index in [0.717, 1.165) is 0 Å². The molecule has 0 amide bonds. The van der Waals surface area contributed by atoms with Crippen LogP contribution in [0.3, 0.4) is 0 Å². The van der Waals surface area contributed by atoms with Crippen LogP contribution >= 0.6 is 0 Å². The summed E-state index contributed by atoms with van der Waals surface area (Å²) in [7, 11) is 0. The van der Waals surface area contributed by atoms with Gasteiger partial charge in [0.1, 0.15) is 12.2 Å². The van der Waals surface area contributed by atoms with Gasteiger partial charge in [0.2, 0.25) is 0 Å². The van der Waals surface area contributed by atoms with Gasteiger partial charge < -0.3 is 9.47 Å². The fraction of sp³-hybridized carbons (Fsp3) is 0.444. The van der Waals surface area contributed by atoms with E-state index in [1.165, 1.54) is 22.3 Å². The SMILES string of the molecule is C[C@H](CC(=O)OCC1c2ccccc2-c2ccccc21)C(C)(C)C(=O)OC(C)(C)C.O=C=O. The fourth-order valence-corrected chi connectivity index (χ4v) is 3.79. The molecule has 6 heteroatoms. The second-order valence-electron chi connectivity index (χ2n) is 9.82. The summed E-state index contributed by atoms with van der Waals surface area (Å²) in [5.41, 5.74) is 3.45. The molecule has 1 atom stereocenters. The predicted octanol–water partition coefficient (Wildman–Crippen LogP) is 5.15. The third kappa shape index (κ3) is 6.39. The van der Waals surface area contributed by atoms with E-state index in [9.17, 15) is 9.59 Å². The first-order valence-corrected chi connectivity index (χ1v) is 11.0. The lowest BCUT2D eigenvalue weighted by Gasteiger charge is -2.32. The second-order valence-corrected chi connectivity index (χ2v) is 9.82. The summed E-state index contributed by atoms with van der Waals surface area (Å²) in [6, 6.07) is 16.5. The smallest absolute Gasteiger partial charge is 0.373 e. The molecule has 0 fully saturated rings. The Balaban J connectivity index is 0.00000122. The van der Waals surface area contributed by atoms with Crippen LogP contribution in [0.15, 0.2) is 48.5 Å². The maximum Gasteiger partial charge on any atom is 0.373 e. The van der Waals surface area contributed by atoms with Gasteiger partial charge in [-0.1, -0.05) is 55.5 Å². The van der Waals surface area contributed by atoms with Crippen LogP contribution < -0.4 is 0 Å². The third-order valence-electron chi connectivity index (χ3n) is 6.00. The van der Waals surface area contributed by atoms with Crippen molar-refractivity contribution in [3.8, 4) is 11.1 Å². The van der Waals surface area contributed by atoms with Crippen LogP contribution in [-0.2, 0) is 28.7 Å². The lowest BCUT2D eigenvalue weighted by Crippen LogP contribution is -2.38. The number of benzene rings is 2. The topological polar surface area (TPSA) is 86.7 Å². The Hall–Kier alpha value is -3.24. The van der Waals surface area contributed by atoms with Crippen molar-refractivity contribution in [1.29, 1.82) is 0 Å². The van der Waals surface area contributed by atoms with Gasteiger partial charge in [0, 0.05) is 12.3 Å². The van der Waals surface area contributed by atoms with Crippen molar-refractivity contribution >= 4 is 18.1 Å². The Labute approximate surface area is 195 Å². The number of hydrogen-bond acceptors (Lipinski definition) is 6. The van der Waals surface area contributed by atoms with E-state index in [4.69, 9.17) is 19.1 Å². The predicted molar refractivity (Wildman–Crippen MR) is 123 cm³/mol. The van der Waals surface area contributed by atoms with Crippen LogP contribution in [0.2, 0.25) is 0 Å². The van der Waals surface area contributed by atoms with Crippen molar-refractivity contribution < 1.29 is 28.7 Å². The lowest BCUT2D eigenvalue weighted by atomic mass is 9.78. The summed E-state index contributed by atoms with van der Waals surface area (Å²) < 4.78 is 11.2. The Morgan fingerprint density at radius 2 is 1.36 bits per heavy atom. The normalized spacial score (nSPS) is 13.5. The van der Waals surface area contributed by atoms with Crippen LogP contribution in [-0.4, -0.2) is 30.3 Å². The maximum absolute atomic E-state index is 12.6. The first-order chi connectivity index (χ1) is 15.4. The summed E-state index contributed by atoms with van der Waals surface area (Å²) in [5.74, 6) is -0.756. The molecule has 2 aromatic carbocycles. The van der Waals surface area contributed by atoms with Gasteiger partial charge in [-0.25, -0.2) is 0 Å². The molecular weight excluding hydrogens is 420 g/mol. The molecule has 0 heterocycles. The van der Waals surface area contributed by atoms with Crippen molar-refractivity contribution in [2.75, 3.05) is 6.61 Å². The molecule has 1 aliphatic carbocycles. The minimum Gasteiger partial charge on any atom is -0.465 e. The molecule has 0 aromatic heterocycles. The molecule has 0 aliphatic heterocycles. The van der Waals surface area contributed by atoms with E-state index >= 15 is 0 Å². The quantitative estimate of drug-likeness (QED) is 0.563. The molecule has 33 heavy (non-hydrogen) atoms. The van der Waals surface area contributed by atoms with Gasteiger partial charge in [-0.3, -0.25) is 9.59 Å². The minimum absolute atomic E-state index is 0.0375. The molecule has 0 spiro atoms. The average Bonchev–Trinajstić information content (AvgIpc) is 3.05. The standard InChI is InChI=1S/C26H32O4.CO2/c1-17(26(5,6)24(28)30-25(2,3)4)15-23(27)29-16-22-20-13-9-7-11-18(20)19-12-8-10-14-21(19)22;2-1-3/h7-14,17,22H,15-16H2,1-6H3;/t17-;/m1./s1. The molecule has 0 N–H and O–H groups in total. The highest BCUT2D eigenvalue weighted by Gasteiger charge is 2.39. The average molecular weight is 453 g/mol. The van der Waals surface area contributed by atoms with Crippen LogP contribution in [0, 0.1) is 11.3 Å². The number of fused-ring (bicyclic) bond motifs is 3. The molecule has 0 radical (unpaired) electrons. The Morgan fingerprint density at radius 1 is 0.909 bits per heavy atom. The van der Waals surface area contributed by atoms with Gasteiger partial charge in [0.05, 0.1) is 5.41 Å². The number of esters is 2. The molecule has 176 valence electrons. The van der Waals surface area contributed by atoms with Crippen LogP contribution in [0.25, 0.3) is 11.1 Å². The molecule has 6 nitrogen and oxygen atoms in total. The highest BCUT2D eigenvalue weighted by Crippen LogP contribution is 2.44. The Bertz CT molecular complexity index is 979. The zero-order valence-corrected chi connectivity index (χ0v) is 20.1. The summed E-state index contributed by atoms with van der Waals surface area (Å²) in [6.45, 7) is 11.4. The highest BCUT2D eigenvalue weighted by molar-refractivity contribution is 5.80.